The summed E-state index contributed by atoms with van der Waals surface area (Å²) in [5.41, 5.74) is 11.6. The number of amides is 6. The summed E-state index contributed by atoms with van der Waals surface area (Å²) < 4.78 is 32.1. The molecule has 3 aromatic rings. The highest BCUT2D eigenvalue weighted by Gasteiger charge is 2.24. The number of hydrogen-bond donors (Lipinski definition) is 8. The Morgan fingerprint density at radius 2 is 0.533 bits per heavy atom. The predicted molar refractivity (Wildman–Crippen MR) is 220 cm³/mol. The fourth-order valence-electron chi connectivity index (χ4n) is 5.69. The van der Waals surface area contributed by atoms with Crippen molar-refractivity contribution in [2.75, 3.05) is 95.0 Å². The predicted octanol–water partition coefficient (Wildman–Crippen LogP) is 0.215. The lowest BCUT2D eigenvalue weighted by molar-refractivity contribution is 0.0931. The molecule has 0 spiro atoms. The molecule has 60 heavy (non-hydrogen) atoms. The van der Waals surface area contributed by atoms with Gasteiger partial charge < -0.3 is 71.8 Å². The zero-order valence-corrected chi connectivity index (χ0v) is 34.6. The molecule has 0 radical (unpaired) electrons. The Kier molecular flexibility index (Phi) is 19.2. The van der Waals surface area contributed by atoms with Crippen LogP contribution in [0.2, 0.25) is 0 Å². The summed E-state index contributed by atoms with van der Waals surface area (Å²) in [4.78, 5) is 78.1. The normalized spacial score (nSPS) is 10.4. The van der Waals surface area contributed by atoms with Gasteiger partial charge in [-0.2, -0.15) is 0 Å². The number of ether oxygens (including phenoxy) is 6. The van der Waals surface area contributed by atoms with Gasteiger partial charge in [0.1, 0.15) is 34.5 Å². The van der Waals surface area contributed by atoms with Gasteiger partial charge >= 0.3 is 0 Å². The minimum absolute atomic E-state index is 0.0627. The van der Waals surface area contributed by atoms with E-state index in [1.54, 1.807) is 0 Å². The average molecular weight is 839 g/mol. The van der Waals surface area contributed by atoms with Gasteiger partial charge in [-0.1, -0.05) is 0 Å². The molecule has 20 nitrogen and oxygen atoms in total. The molecule has 3 aromatic carbocycles. The largest absolute Gasteiger partial charge is 0.496 e. The van der Waals surface area contributed by atoms with Crippen molar-refractivity contribution in [2.45, 2.75) is 12.8 Å². The van der Waals surface area contributed by atoms with Crippen LogP contribution in [0.5, 0.6) is 34.5 Å². The van der Waals surface area contributed by atoms with E-state index < -0.39 is 35.4 Å². The van der Waals surface area contributed by atoms with Gasteiger partial charge in [-0.15, -0.1) is 0 Å². The molecule has 0 aliphatic carbocycles. The molecule has 6 amide bonds. The second-order valence-electron chi connectivity index (χ2n) is 12.6. The maximum absolute atomic E-state index is 13.3. The van der Waals surface area contributed by atoms with Crippen LogP contribution in [-0.4, -0.2) is 130 Å². The summed E-state index contributed by atoms with van der Waals surface area (Å²) in [6.07, 6.45) is 0.636. The highest BCUT2D eigenvalue weighted by atomic mass is 16.5. The molecule has 0 aliphatic rings. The second kappa shape index (κ2) is 24.2. The third-order valence-electron chi connectivity index (χ3n) is 8.74. The second-order valence-corrected chi connectivity index (χ2v) is 12.6. The van der Waals surface area contributed by atoms with Crippen LogP contribution in [0.3, 0.4) is 0 Å². The van der Waals surface area contributed by atoms with Crippen molar-refractivity contribution in [3.8, 4) is 34.5 Å². The standard InChI is InChI=1S/C40H54N8O12/c1-55-29-20-30(56-2)24(36(50)44-12-8-14-46-38(52)26-19-28(40(54)48-16-10-42)34(60-6)22-32(26)58-4)17-23(29)35(49)43-11-7-13-45-37(51)25-18-27(39(53)47-15-9-41)33(59-5)21-31(25)57-3/h17-22H,7-16,41-42H2,1-6H3,(H,43,49)(H,44,50)(H,45,51)(H,46,52)(H,47,53)(H,48,54). The van der Waals surface area contributed by atoms with E-state index in [-0.39, 0.29) is 120 Å². The van der Waals surface area contributed by atoms with Crippen LogP contribution >= 0.6 is 0 Å². The Hall–Kier alpha value is -6.80. The van der Waals surface area contributed by atoms with Gasteiger partial charge in [-0.3, -0.25) is 28.8 Å². The lowest BCUT2D eigenvalue weighted by atomic mass is 10.1. The molecule has 0 aromatic heterocycles. The van der Waals surface area contributed by atoms with E-state index in [1.165, 1.54) is 79.1 Å². The molecule has 0 fully saturated rings. The third-order valence-corrected chi connectivity index (χ3v) is 8.74. The minimum Gasteiger partial charge on any atom is -0.496 e. The zero-order valence-electron chi connectivity index (χ0n) is 34.6. The Bertz CT molecular complexity index is 1870. The smallest absolute Gasteiger partial charge is 0.255 e. The minimum atomic E-state index is -0.545. The summed E-state index contributed by atoms with van der Waals surface area (Å²) in [7, 11) is 8.29. The first-order valence-electron chi connectivity index (χ1n) is 18.8. The number of methoxy groups -OCH3 is 6. The van der Waals surface area contributed by atoms with Crippen molar-refractivity contribution in [3.05, 3.63) is 69.8 Å². The molecule has 10 N–H and O–H groups in total. The number of carbonyl (C=O) groups is 6. The summed E-state index contributed by atoms with van der Waals surface area (Å²) in [5, 5.41) is 16.3. The first-order valence-corrected chi connectivity index (χ1v) is 18.8. The molecule has 0 atom stereocenters. The van der Waals surface area contributed by atoms with Crippen molar-refractivity contribution in [2.24, 2.45) is 11.5 Å². The molecule has 0 unspecified atom stereocenters. The van der Waals surface area contributed by atoms with Crippen molar-refractivity contribution >= 4 is 35.4 Å². The summed E-state index contributed by atoms with van der Waals surface area (Å²) in [6.45, 7) is 1.50. The highest BCUT2D eigenvalue weighted by Crippen LogP contribution is 2.31. The number of rotatable bonds is 24. The number of nitrogens with two attached hydrogens (primary N) is 2. The Labute approximate surface area is 347 Å². The van der Waals surface area contributed by atoms with Gasteiger partial charge in [-0.05, 0) is 31.0 Å². The molecule has 20 heteroatoms. The van der Waals surface area contributed by atoms with E-state index in [4.69, 9.17) is 39.9 Å². The first-order chi connectivity index (χ1) is 28.9. The van der Waals surface area contributed by atoms with Crippen LogP contribution in [0.15, 0.2) is 36.4 Å². The summed E-state index contributed by atoms with van der Waals surface area (Å²) >= 11 is 0. The first kappa shape index (κ1) is 47.6. The van der Waals surface area contributed by atoms with Crippen LogP contribution in [0, 0.1) is 0 Å². The van der Waals surface area contributed by atoms with Gasteiger partial charge in [0.25, 0.3) is 35.4 Å². The monoisotopic (exact) mass is 838 g/mol. The fourth-order valence-corrected chi connectivity index (χ4v) is 5.69. The fraction of sp³-hybridized carbons (Fsp3) is 0.400. The van der Waals surface area contributed by atoms with E-state index in [0.29, 0.717) is 12.8 Å². The van der Waals surface area contributed by atoms with E-state index >= 15 is 0 Å². The van der Waals surface area contributed by atoms with Crippen molar-refractivity contribution in [1.82, 2.24) is 31.9 Å². The lowest BCUT2D eigenvalue weighted by Crippen LogP contribution is -2.32. The van der Waals surface area contributed by atoms with Crippen molar-refractivity contribution in [3.63, 3.8) is 0 Å². The van der Waals surface area contributed by atoms with E-state index in [1.807, 2.05) is 0 Å². The van der Waals surface area contributed by atoms with Crippen LogP contribution in [-0.2, 0) is 0 Å². The summed E-state index contributed by atoms with van der Waals surface area (Å²) in [6, 6.07) is 8.39. The SMILES string of the molecule is COc1cc(OC)c(C(=O)NCCCNC(=O)c2cc(C(=O)NCCCNC(=O)c3cc(C(=O)NCCN)c(OC)cc3OC)c(OC)cc2OC)cc1C(=O)NCCN. The van der Waals surface area contributed by atoms with E-state index in [2.05, 4.69) is 31.9 Å². The van der Waals surface area contributed by atoms with Gasteiger partial charge in [0, 0.05) is 70.6 Å². The molecule has 0 bridgehead atoms. The molecule has 0 saturated heterocycles. The number of benzene rings is 3. The van der Waals surface area contributed by atoms with Gasteiger partial charge in [0.15, 0.2) is 0 Å². The summed E-state index contributed by atoms with van der Waals surface area (Å²) in [5.74, 6) is -1.93. The number of nitrogens with one attached hydrogen (secondary N) is 6. The molecule has 0 aliphatic heterocycles. The van der Waals surface area contributed by atoms with Gasteiger partial charge in [-0.25, -0.2) is 0 Å². The van der Waals surface area contributed by atoms with E-state index in [9.17, 15) is 28.8 Å². The average Bonchev–Trinajstić information content (AvgIpc) is 3.27. The Morgan fingerprint density at radius 1 is 0.350 bits per heavy atom. The lowest BCUT2D eigenvalue weighted by Gasteiger charge is -2.16. The van der Waals surface area contributed by atoms with Gasteiger partial charge in [0.05, 0.1) is 76.0 Å². The topological polar surface area (TPSA) is 282 Å². The number of hydrogen-bond acceptors (Lipinski definition) is 14. The van der Waals surface area contributed by atoms with Gasteiger partial charge in [0.2, 0.25) is 0 Å². The molecular weight excluding hydrogens is 784 g/mol. The maximum atomic E-state index is 13.3. The molecule has 0 saturated carbocycles. The Morgan fingerprint density at radius 3 is 0.700 bits per heavy atom. The zero-order chi connectivity index (χ0) is 44.2. The number of carbonyl (C=O) groups excluding carboxylic acids is 6. The van der Waals surface area contributed by atoms with Crippen molar-refractivity contribution < 1.29 is 57.2 Å². The third kappa shape index (κ3) is 12.6. The quantitative estimate of drug-likeness (QED) is 0.0561. The molecule has 0 heterocycles. The Balaban J connectivity index is 1.59. The maximum Gasteiger partial charge on any atom is 0.255 e. The van der Waals surface area contributed by atoms with Crippen LogP contribution in [0.4, 0.5) is 0 Å². The van der Waals surface area contributed by atoms with Crippen LogP contribution < -0.4 is 71.8 Å². The van der Waals surface area contributed by atoms with Crippen LogP contribution in [0.25, 0.3) is 0 Å². The molecular formula is C40H54N8O12. The highest BCUT2D eigenvalue weighted by molar-refractivity contribution is 6.05. The molecule has 326 valence electrons. The van der Waals surface area contributed by atoms with Crippen LogP contribution in [0.1, 0.15) is 75.0 Å². The molecule has 3 rings (SSSR count). The van der Waals surface area contributed by atoms with Crippen molar-refractivity contribution in [1.29, 1.82) is 0 Å². The van der Waals surface area contributed by atoms with E-state index in [0.717, 1.165) is 0 Å².